The van der Waals surface area contributed by atoms with Crippen molar-refractivity contribution in [3.8, 4) is 11.6 Å². The lowest BCUT2D eigenvalue weighted by Gasteiger charge is -2.14. The van der Waals surface area contributed by atoms with Crippen LogP contribution in [0.4, 0.5) is 0 Å². The van der Waals surface area contributed by atoms with Crippen LogP contribution in [0, 0.1) is 0 Å². The van der Waals surface area contributed by atoms with Gasteiger partial charge < -0.3 is 19.9 Å². The van der Waals surface area contributed by atoms with Gasteiger partial charge in [-0.2, -0.15) is 0 Å². The Labute approximate surface area is 89.0 Å². The van der Waals surface area contributed by atoms with E-state index < -0.39 is 6.10 Å². The van der Waals surface area contributed by atoms with E-state index in [0.717, 1.165) is 0 Å². The number of aliphatic hydroxyl groups excluding tert-OH is 1. The van der Waals surface area contributed by atoms with E-state index >= 15 is 0 Å². The first kappa shape index (κ1) is 11.7. The number of aromatic nitrogens is 1. The molecule has 0 bridgehead atoms. The van der Waals surface area contributed by atoms with Crippen LogP contribution >= 0.6 is 0 Å². The van der Waals surface area contributed by atoms with Crippen molar-refractivity contribution in [3.05, 3.63) is 17.8 Å². The molecule has 1 atom stereocenters. The van der Waals surface area contributed by atoms with Gasteiger partial charge in [0.15, 0.2) is 0 Å². The Bertz CT molecular complexity index is 318. The maximum atomic E-state index is 9.83. The number of nitrogens with zero attached hydrogens (tertiary/aromatic N) is 1. The molecule has 1 aromatic heterocycles. The molecule has 15 heavy (non-hydrogen) atoms. The highest BCUT2D eigenvalue weighted by molar-refractivity contribution is 5.36. The van der Waals surface area contributed by atoms with E-state index in [9.17, 15) is 5.11 Å². The Balaban J connectivity index is 3.00. The minimum atomic E-state index is -0.637. The predicted molar refractivity (Wildman–Crippen MR) is 56.2 cm³/mol. The van der Waals surface area contributed by atoms with Crippen molar-refractivity contribution in [2.24, 2.45) is 0 Å². The lowest BCUT2D eigenvalue weighted by Crippen LogP contribution is -2.17. The molecule has 1 aromatic rings. The summed E-state index contributed by atoms with van der Waals surface area (Å²) in [6.45, 7) is 0.448. The predicted octanol–water partition coefficient (Wildman–Crippen LogP) is 0.352. The second-order valence-electron chi connectivity index (χ2n) is 3.04. The van der Waals surface area contributed by atoms with Gasteiger partial charge in [-0.25, -0.2) is 4.98 Å². The molecule has 1 unspecified atom stereocenters. The highest BCUT2D eigenvalue weighted by Crippen LogP contribution is 2.26. The monoisotopic (exact) mass is 212 g/mol. The quantitative estimate of drug-likeness (QED) is 0.737. The lowest BCUT2D eigenvalue weighted by molar-refractivity contribution is 0.172. The fourth-order valence-electron chi connectivity index (χ4n) is 1.28. The molecule has 0 radical (unpaired) electrons. The van der Waals surface area contributed by atoms with Crippen LogP contribution in [-0.2, 0) is 0 Å². The fourth-order valence-corrected chi connectivity index (χ4v) is 1.28. The van der Waals surface area contributed by atoms with Gasteiger partial charge in [0.1, 0.15) is 5.75 Å². The van der Waals surface area contributed by atoms with Crippen LogP contribution in [0.1, 0.15) is 11.7 Å². The number of aliphatic hydroxyl groups is 1. The third-order valence-corrected chi connectivity index (χ3v) is 2.06. The summed E-state index contributed by atoms with van der Waals surface area (Å²) < 4.78 is 10.1. The Morgan fingerprint density at radius 2 is 2.20 bits per heavy atom. The Morgan fingerprint density at radius 3 is 2.73 bits per heavy atom. The van der Waals surface area contributed by atoms with Crippen molar-refractivity contribution in [3.63, 3.8) is 0 Å². The molecular formula is C10H16N2O3. The molecule has 2 N–H and O–H groups in total. The molecule has 5 nitrogen and oxygen atoms in total. The maximum Gasteiger partial charge on any atom is 0.213 e. The number of rotatable bonds is 5. The van der Waals surface area contributed by atoms with E-state index in [0.29, 0.717) is 23.7 Å². The molecule has 1 heterocycles. The van der Waals surface area contributed by atoms with E-state index in [2.05, 4.69) is 10.3 Å². The average molecular weight is 212 g/mol. The van der Waals surface area contributed by atoms with Gasteiger partial charge in [-0.05, 0) is 7.05 Å². The summed E-state index contributed by atoms with van der Waals surface area (Å²) in [5.41, 5.74) is 0.665. The topological polar surface area (TPSA) is 63.6 Å². The largest absolute Gasteiger partial charge is 0.495 e. The van der Waals surface area contributed by atoms with Gasteiger partial charge in [0.05, 0.1) is 26.5 Å². The van der Waals surface area contributed by atoms with Crippen molar-refractivity contribution in [1.29, 1.82) is 0 Å². The van der Waals surface area contributed by atoms with Crippen LogP contribution in [0.5, 0.6) is 11.6 Å². The molecule has 0 aromatic carbocycles. The van der Waals surface area contributed by atoms with Gasteiger partial charge in [-0.15, -0.1) is 0 Å². The Morgan fingerprint density at radius 1 is 1.47 bits per heavy atom. The standard InChI is InChI=1S/C10H16N2O3/c1-11-5-8(13)7-4-10(15-3)12-6-9(7)14-2/h4,6,8,11,13H,5H2,1-3H3. The SMILES string of the molecule is CNCC(O)c1cc(OC)ncc1OC. The highest BCUT2D eigenvalue weighted by Gasteiger charge is 2.14. The highest BCUT2D eigenvalue weighted by atomic mass is 16.5. The van der Waals surface area contributed by atoms with Gasteiger partial charge in [0.25, 0.3) is 0 Å². The minimum Gasteiger partial charge on any atom is -0.495 e. The molecule has 84 valence electrons. The number of hydrogen-bond acceptors (Lipinski definition) is 5. The lowest BCUT2D eigenvalue weighted by atomic mass is 10.1. The minimum absolute atomic E-state index is 0.448. The van der Waals surface area contributed by atoms with Gasteiger partial charge in [-0.3, -0.25) is 0 Å². The molecule has 0 saturated heterocycles. The molecule has 0 aliphatic carbocycles. The summed E-state index contributed by atoms with van der Waals surface area (Å²) in [6, 6.07) is 1.67. The van der Waals surface area contributed by atoms with Crippen molar-refractivity contribution >= 4 is 0 Å². The smallest absolute Gasteiger partial charge is 0.213 e. The van der Waals surface area contributed by atoms with E-state index in [4.69, 9.17) is 9.47 Å². The molecule has 0 aliphatic heterocycles. The van der Waals surface area contributed by atoms with E-state index in [-0.39, 0.29) is 0 Å². The van der Waals surface area contributed by atoms with Gasteiger partial charge in [-0.1, -0.05) is 0 Å². The first-order chi connectivity index (χ1) is 7.22. The summed E-state index contributed by atoms with van der Waals surface area (Å²) in [7, 11) is 4.84. The number of nitrogens with one attached hydrogen (secondary N) is 1. The zero-order valence-corrected chi connectivity index (χ0v) is 9.15. The molecular weight excluding hydrogens is 196 g/mol. The Kier molecular flexibility index (Phi) is 4.33. The zero-order chi connectivity index (χ0) is 11.3. The van der Waals surface area contributed by atoms with Crippen LogP contribution in [-0.4, -0.2) is 37.9 Å². The van der Waals surface area contributed by atoms with Crippen LogP contribution < -0.4 is 14.8 Å². The van der Waals surface area contributed by atoms with Gasteiger partial charge in [0.2, 0.25) is 5.88 Å². The maximum absolute atomic E-state index is 9.83. The Hall–Kier alpha value is -1.33. The third kappa shape index (κ3) is 2.81. The second kappa shape index (κ2) is 5.53. The summed E-state index contributed by atoms with van der Waals surface area (Å²) in [5.74, 6) is 1.01. The molecule has 0 aliphatic rings. The fraction of sp³-hybridized carbons (Fsp3) is 0.500. The van der Waals surface area contributed by atoms with Crippen LogP contribution in [0.2, 0.25) is 0 Å². The van der Waals surface area contributed by atoms with Crippen LogP contribution in [0.3, 0.4) is 0 Å². The van der Waals surface area contributed by atoms with Crippen molar-refractivity contribution in [2.75, 3.05) is 27.8 Å². The van der Waals surface area contributed by atoms with E-state index in [1.807, 2.05) is 0 Å². The first-order valence-electron chi connectivity index (χ1n) is 4.63. The van der Waals surface area contributed by atoms with Crippen LogP contribution in [0.15, 0.2) is 12.3 Å². The average Bonchev–Trinajstić information content (AvgIpc) is 2.28. The van der Waals surface area contributed by atoms with Crippen molar-refractivity contribution in [2.45, 2.75) is 6.10 Å². The number of methoxy groups -OCH3 is 2. The van der Waals surface area contributed by atoms with Gasteiger partial charge in [0, 0.05) is 18.2 Å². The third-order valence-electron chi connectivity index (χ3n) is 2.06. The number of hydrogen-bond donors (Lipinski definition) is 2. The molecule has 0 saturated carbocycles. The van der Waals surface area contributed by atoms with Crippen molar-refractivity contribution < 1.29 is 14.6 Å². The van der Waals surface area contributed by atoms with Gasteiger partial charge >= 0.3 is 0 Å². The number of ether oxygens (including phenoxy) is 2. The normalized spacial score (nSPS) is 12.3. The number of pyridine rings is 1. The molecule has 1 rings (SSSR count). The zero-order valence-electron chi connectivity index (χ0n) is 9.15. The van der Waals surface area contributed by atoms with Crippen LogP contribution in [0.25, 0.3) is 0 Å². The van der Waals surface area contributed by atoms with Crippen molar-refractivity contribution in [1.82, 2.24) is 10.3 Å². The number of likely N-dealkylation sites (N-methyl/N-ethyl adjacent to an activating group) is 1. The summed E-state index contributed by atoms with van der Waals surface area (Å²) >= 11 is 0. The summed E-state index contributed by atoms with van der Waals surface area (Å²) in [6.07, 6.45) is 0.898. The summed E-state index contributed by atoms with van der Waals surface area (Å²) in [5, 5.41) is 12.7. The molecule has 0 amide bonds. The molecule has 5 heteroatoms. The molecule has 0 spiro atoms. The van der Waals surface area contributed by atoms with E-state index in [1.165, 1.54) is 13.3 Å². The van der Waals surface area contributed by atoms with E-state index in [1.54, 1.807) is 20.2 Å². The molecule has 0 fully saturated rings. The first-order valence-corrected chi connectivity index (χ1v) is 4.63. The second-order valence-corrected chi connectivity index (χ2v) is 3.04. The summed E-state index contributed by atoms with van der Waals surface area (Å²) in [4.78, 5) is 3.99.